The maximum absolute atomic E-state index is 11.6. The van der Waals surface area contributed by atoms with Crippen molar-refractivity contribution in [2.75, 3.05) is 13.1 Å². The molecule has 0 bridgehead atoms. The van der Waals surface area contributed by atoms with E-state index in [1.165, 1.54) is 0 Å². The zero-order valence-electron chi connectivity index (χ0n) is 10.6. The standard InChI is InChI=1S/C13H16N4O2/c14-7-8-15-12(18)6-5-11-9-3-1-2-4-10(9)13(19)17-16-11/h1-4H,5-8,14H2,(H,15,18)(H,17,19)/p+1. The van der Waals surface area contributed by atoms with Gasteiger partial charge in [-0.15, -0.1) is 0 Å². The van der Waals surface area contributed by atoms with Crippen LogP contribution in [-0.4, -0.2) is 29.2 Å². The lowest BCUT2D eigenvalue weighted by Crippen LogP contribution is -2.54. The second-order valence-electron chi connectivity index (χ2n) is 4.25. The molecular formula is C13H17N4O2+. The third kappa shape index (κ3) is 3.17. The van der Waals surface area contributed by atoms with Crippen molar-refractivity contribution in [3.63, 3.8) is 0 Å². The van der Waals surface area contributed by atoms with Gasteiger partial charge in [0.15, 0.2) is 0 Å². The quantitative estimate of drug-likeness (QED) is 0.657. The van der Waals surface area contributed by atoms with Crippen LogP contribution in [0.1, 0.15) is 12.1 Å². The smallest absolute Gasteiger partial charge is 0.272 e. The number of fused-ring (bicyclic) bond motifs is 1. The second kappa shape index (κ2) is 6.10. The zero-order valence-corrected chi connectivity index (χ0v) is 10.6. The zero-order chi connectivity index (χ0) is 13.7. The summed E-state index contributed by atoms with van der Waals surface area (Å²) in [5, 5.41) is 10.7. The Morgan fingerprint density at radius 3 is 2.79 bits per heavy atom. The van der Waals surface area contributed by atoms with Crippen molar-refractivity contribution in [3.05, 3.63) is 40.3 Å². The van der Waals surface area contributed by atoms with E-state index < -0.39 is 0 Å². The average Bonchev–Trinajstić information content (AvgIpc) is 2.45. The van der Waals surface area contributed by atoms with Gasteiger partial charge in [0, 0.05) is 18.2 Å². The van der Waals surface area contributed by atoms with E-state index in [1.54, 1.807) is 6.07 Å². The summed E-state index contributed by atoms with van der Waals surface area (Å²) in [6, 6.07) is 7.26. The van der Waals surface area contributed by atoms with E-state index in [9.17, 15) is 9.59 Å². The van der Waals surface area contributed by atoms with Crippen molar-refractivity contribution in [1.29, 1.82) is 0 Å². The van der Waals surface area contributed by atoms with Crippen LogP contribution in [0.15, 0.2) is 29.1 Å². The average molecular weight is 261 g/mol. The minimum absolute atomic E-state index is 0.0271. The number of amides is 1. The topological polar surface area (TPSA) is 102 Å². The van der Waals surface area contributed by atoms with E-state index in [0.29, 0.717) is 31.3 Å². The molecule has 1 aromatic heterocycles. The molecule has 0 saturated heterocycles. The van der Waals surface area contributed by atoms with E-state index in [1.807, 2.05) is 18.2 Å². The lowest BCUT2D eigenvalue weighted by Gasteiger charge is -2.05. The largest absolute Gasteiger partial charge is 0.356 e. The number of nitrogens with one attached hydrogen (secondary N) is 2. The summed E-state index contributed by atoms with van der Waals surface area (Å²) in [7, 11) is 0. The molecule has 5 N–H and O–H groups in total. The Balaban J connectivity index is 2.15. The minimum atomic E-state index is -0.208. The number of benzene rings is 1. The third-order valence-electron chi connectivity index (χ3n) is 2.86. The maximum atomic E-state index is 11.6. The van der Waals surface area contributed by atoms with Crippen LogP contribution in [0, 0.1) is 0 Å². The fourth-order valence-corrected chi connectivity index (χ4v) is 1.91. The first kappa shape index (κ1) is 13.2. The molecule has 2 aromatic rings. The van der Waals surface area contributed by atoms with Gasteiger partial charge in [0.25, 0.3) is 5.56 Å². The van der Waals surface area contributed by atoms with Crippen molar-refractivity contribution in [1.82, 2.24) is 15.5 Å². The Hall–Kier alpha value is -2.21. The molecule has 0 aliphatic heterocycles. The van der Waals surface area contributed by atoms with Gasteiger partial charge in [0.05, 0.1) is 24.2 Å². The van der Waals surface area contributed by atoms with Crippen molar-refractivity contribution in [3.8, 4) is 0 Å². The van der Waals surface area contributed by atoms with Gasteiger partial charge >= 0.3 is 0 Å². The van der Waals surface area contributed by atoms with Crippen molar-refractivity contribution in [2.24, 2.45) is 0 Å². The number of aromatic nitrogens is 2. The highest BCUT2D eigenvalue weighted by Crippen LogP contribution is 2.13. The second-order valence-corrected chi connectivity index (χ2v) is 4.25. The molecule has 0 radical (unpaired) electrons. The number of aromatic amines is 1. The molecule has 19 heavy (non-hydrogen) atoms. The molecule has 100 valence electrons. The van der Waals surface area contributed by atoms with E-state index in [-0.39, 0.29) is 11.5 Å². The summed E-state index contributed by atoms with van der Waals surface area (Å²) in [5.74, 6) is -0.0271. The van der Waals surface area contributed by atoms with Crippen LogP contribution in [0.2, 0.25) is 0 Å². The highest BCUT2D eigenvalue weighted by molar-refractivity contribution is 5.84. The maximum Gasteiger partial charge on any atom is 0.272 e. The molecule has 0 aliphatic carbocycles. The molecule has 1 aromatic carbocycles. The predicted molar refractivity (Wildman–Crippen MR) is 71.4 cm³/mol. The first-order valence-electron chi connectivity index (χ1n) is 6.24. The molecule has 0 fully saturated rings. The summed E-state index contributed by atoms with van der Waals surface area (Å²) in [6.07, 6.45) is 0.851. The summed E-state index contributed by atoms with van der Waals surface area (Å²) in [5.41, 5.74) is 4.19. The lowest BCUT2D eigenvalue weighted by atomic mass is 10.1. The van der Waals surface area contributed by atoms with Crippen LogP contribution < -0.4 is 16.6 Å². The monoisotopic (exact) mass is 261 g/mol. The Morgan fingerprint density at radius 1 is 1.32 bits per heavy atom. The molecular weight excluding hydrogens is 244 g/mol. The number of hydrogen-bond acceptors (Lipinski definition) is 3. The first-order valence-corrected chi connectivity index (χ1v) is 6.24. The molecule has 2 rings (SSSR count). The lowest BCUT2D eigenvalue weighted by molar-refractivity contribution is -0.364. The van der Waals surface area contributed by atoms with Crippen LogP contribution in [0.25, 0.3) is 10.8 Å². The Kier molecular flexibility index (Phi) is 4.25. The number of nitrogens with zero attached hydrogens (tertiary/aromatic N) is 1. The van der Waals surface area contributed by atoms with Crippen LogP contribution >= 0.6 is 0 Å². The summed E-state index contributed by atoms with van der Waals surface area (Å²) < 4.78 is 0. The molecule has 1 amide bonds. The molecule has 6 heteroatoms. The number of carbonyl (C=O) groups excluding carboxylic acids is 1. The first-order chi connectivity index (χ1) is 9.22. The fraction of sp³-hybridized carbons (Fsp3) is 0.308. The van der Waals surface area contributed by atoms with E-state index in [2.05, 4.69) is 21.2 Å². The summed E-state index contributed by atoms with van der Waals surface area (Å²) in [6.45, 7) is 1.25. The van der Waals surface area contributed by atoms with Crippen molar-refractivity contribution < 1.29 is 10.5 Å². The Labute approximate surface area is 110 Å². The third-order valence-corrected chi connectivity index (χ3v) is 2.86. The Bertz CT molecular complexity index is 636. The predicted octanol–water partition coefficient (Wildman–Crippen LogP) is -0.786. The van der Waals surface area contributed by atoms with E-state index >= 15 is 0 Å². The van der Waals surface area contributed by atoms with E-state index in [4.69, 9.17) is 0 Å². The number of H-pyrrole nitrogens is 1. The number of hydrogen-bond donors (Lipinski definition) is 3. The number of aryl methyl sites for hydroxylation is 1. The Morgan fingerprint density at radius 2 is 2.05 bits per heavy atom. The molecule has 0 saturated carbocycles. The van der Waals surface area contributed by atoms with Gasteiger partial charge < -0.3 is 11.1 Å². The summed E-state index contributed by atoms with van der Waals surface area (Å²) in [4.78, 5) is 23.1. The van der Waals surface area contributed by atoms with Crippen LogP contribution in [0.4, 0.5) is 0 Å². The number of carbonyl (C=O) groups is 1. The van der Waals surface area contributed by atoms with Gasteiger partial charge in [0.1, 0.15) is 0 Å². The SMILES string of the molecule is [NH3+]CCNC(=O)CCc1n[nH]c(=O)c2ccccc12. The molecule has 0 unspecified atom stereocenters. The van der Waals surface area contributed by atoms with Crippen molar-refractivity contribution in [2.45, 2.75) is 12.8 Å². The van der Waals surface area contributed by atoms with E-state index in [0.717, 1.165) is 11.1 Å². The molecule has 0 aliphatic rings. The van der Waals surface area contributed by atoms with Gasteiger partial charge in [-0.2, -0.15) is 5.10 Å². The highest BCUT2D eigenvalue weighted by Gasteiger charge is 2.08. The number of quaternary nitrogens is 1. The summed E-state index contributed by atoms with van der Waals surface area (Å²) >= 11 is 0. The normalized spacial score (nSPS) is 10.6. The van der Waals surface area contributed by atoms with Gasteiger partial charge in [-0.25, -0.2) is 5.10 Å². The number of rotatable bonds is 5. The molecule has 0 spiro atoms. The van der Waals surface area contributed by atoms with Gasteiger partial charge in [-0.05, 0) is 6.07 Å². The molecule has 1 heterocycles. The van der Waals surface area contributed by atoms with Crippen LogP contribution in [0.3, 0.4) is 0 Å². The van der Waals surface area contributed by atoms with Crippen molar-refractivity contribution >= 4 is 16.7 Å². The molecule has 6 nitrogen and oxygen atoms in total. The van der Waals surface area contributed by atoms with Gasteiger partial charge in [-0.3, -0.25) is 9.59 Å². The van der Waals surface area contributed by atoms with Crippen LogP contribution in [-0.2, 0) is 11.2 Å². The van der Waals surface area contributed by atoms with Gasteiger partial charge in [-0.1, -0.05) is 18.2 Å². The molecule has 0 atom stereocenters. The van der Waals surface area contributed by atoms with Gasteiger partial charge in [0.2, 0.25) is 5.91 Å². The minimum Gasteiger partial charge on any atom is -0.356 e. The van der Waals surface area contributed by atoms with Crippen LogP contribution in [0.5, 0.6) is 0 Å². The fourth-order valence-electron chi connectivity index (χ4n) is 1.91. The highest BCUT2D eigenvalue weighted by atomic mass is 16.1.